The van der Waals surface area contributed by atoms with Crippen molar-refractivity contribution in [2.75, 3.05) is 34.3 Å². The van der Waals surface area contributed by atoms with Crippen LogP contribution in [0.4, 0.5) is 17.6 Å². The number of phenols is 1. The van der Waals surface area contributed by atoms with E-state index in [1.165, 1.54) is 30.1 Å². The summed E-state index contributed by atoms with van der Waals surface area (Å²) in [5, 5.41) is 12.0. The van der Waals surface area contributed by atoms with Gasteiger partial charge in [-0.1, -0.05) is 69.8 Å². The van der Waals surface area contributed by atoms with Gasteiger partial charge in [0.15, 0.2) is 0 Å². The van der Waals surface area contributed by atoms with E-state index >= 15 is 0 Å². The number of alkyl halides is 3. The lowest BCUT2D eigenvalue weighted by Crippen LogP contribution is -2.38. The molecule has 3 aromatic rings. The minimum atomic E-state index is -4.78. The molecule has 1 atom stereocenters. The molecule has 0 heterocycles. The lowest BCUT2D eigenvalue weighted by Gasteiger charge is -2.32. The third-order valence-corrected chi connectivity index (χ3v) is 7.82. The average Bonchev–Trinajstić information content (AvgIpc) is 3.00. The number of carbonyl (C=O) groups is 2. The van der Waals surface area contributed by atoms with E-state index in [1.54, 1.807) is 44.4 Å². The summed E-state index contributed by atoms with van der Waals surface area (Å²) in [6.45, 7) is 5.27. The molecule has 0 aliphatic heterocycles. The number of para-hydroxylation sites is 1. The fourth-order valence-electron chi connectivity index (χ4n) is 5.13. The van der Waals surface area contributed by atoms with Gasteiger partial charge in [0.2, 0.25) is 6.41 Å². The number of hydrogen-bond acceptors (Lipinski definition) is 5. The normalized spacial score (nSPS) is 12.8. The highest BCUT2D eigenvalue weighted by molar-refractivity contribution is 6.20. The fraction of sp³-hybridized carbons (Fsp3) is 0.371. The minimum absolute atomic E-state index is 0. The Kier molecular flexibility index (Phi) is 13.5. The van der Waals surface area contributed by atoms with Crippen LogP contribution in [0.25, 0.3) is 5.57 Å². The molecule has 46 heavy (non-hydrogen) atoms. The number of halogens is 4. The molecule has 1 unspecified atom stereocenters. The summed E-state index contributed by atoms with van der Waals surface area (Å²) in [5.74, 6) is -1.38. The molecule has 2 amide bonds. The molecule has 11 heteroatoms. The summed E-state index contributed by atoms with van der Waals surface area (Å²) in [4.78, 5) is 34.6. The lowest BCUT2D eigenvalue weighted by molar-refractivity contribution is -0.151. The van der Waals surface area contributed by atoms with Gasteiger partial charge in [0.25, 0.3) is 5.91 Å². The number of allylic oxidation sites excluding steroid dienone is 1. The van der Waals surface area contributed by atoms with Crippen LogP contribution >= 0.6 is 0 Å². The quantitative estimate of drug-likeness (QED) is 0.0906. The van der Waals surface area contributed by atoms with Crippen molar-refractivity contribution in [1.29, 1.82) is 0 Å². The second-order valence-electron chi connectivity index (χ2n) is 11.0. The van der Waals surface area contributed by atoms with E-state index < -0.39 is 41.5 Å². The third-order valence-electron chi connectivity index (χ3n) is 7.82. The Bertz CT molecular complexity index is 1520. The predicted octanol–water partition coefficient (Wildman–Crippen LogP) is 7.43. The zero-order valence-corrected chi connectivity index (χ0v) is 26.2. The first-order valence-corrected chi connectivity index (χ1v) is 14.4. The molecule has 0 saturated carbocycles. The van der Waals surface area contributed by atoms with Gasteiger partial charge in [0.05, 0.1) is 24.3 Å². The maximum absolute atomic E-state index is 14.6. The molecule has 1 N–H and O–H groups in total. The third kappa shape index (κ3) is 8.95. The number of carbonyl (C=O) groups excluding carboxylic acids is 2. The number of hydroxylamine groups is 2. The van der Waals surface area contributed by atoms with Crippen LogP contribution in [0.3, 0.4) is 0 Å². The van der Waals surface area contributed by atoms with Gasteiger partial charge in [-0.25, -0.2) is 4.39 Å². The average molecular weight is 646 g/mol. The first-order valence-electron chi connectivity index (χ1n) is 14.4. The second-order valence-corrected chi connectivity index (χ2v) is 11.0. The van der Waals surface area contributed by atoms with Crippen molar-refractivity contribution in [3.63, 3.8) is 0 Å². The molecule has 3 aromatic carbocycles. The fourth-order valence-corrected chi connectivity index (χ4v) is 5.13. The van der Waals surface area contributed by atoms with Gasteiger partial charge in [-0.3, -0.25) is 9.59 Å². The summed E-state index contributed by atoms with van der Waals surface area (Å²) in [6.07, 6.45) is -4.80. The van der Waals surface area contributed by atoms with Crippen LogP contribution in [0, 0.1) is 5.82 Å². The Morgan fingerprint density at radius 3 is 2.26 bits per heavy atom. The van der Waals surface area contributed by atoms with Crippen molar-refractivity contribution in [3.8, 4) is 5.75 Å². The van der Waals surface area contributed by atoms with Crippen LogP contribution in [0.5, 0.6) is 5.75 Å². The maximum Gasteiger partial charge on any atom is 0.416 e. The largest absolute Gasteiger partial charge is 0.508 e. The van der Waals surface area contributed by atoms with Crippen molar-refractivity contribution in [3.05, 3.63) is 106 Å². The van der Waals surface area contributed by atoms with Gasteiger partial charge in [-0.2, -0.15) is 18.2 Å². The van der Waals surface area contributed by atoms with Gasteiger partial charge >= 0.3 is 6.18 Å². The summed E-state index contributed by atoms with van der Waals surface area (Å²) in [7, 11) is 4.69. The minimum Gasteiger partial charge on any atom is -0.508 e. The number of rotatable bonds is 13. The van der Waals surface area contributed by atoms with Gasteiger partial charge < -0.3 is 19.7 Å². The number of phenolic OH excluding ortho intramolecular Hbond substituents is 1. The molecule has 0 radical (unpaired) electrons. The van der Waals surface area contributed by atoms with E-state index in [9.17, 15) is 32.3 Å². The molecule has 3 rings (SSSR count). The topological polar surface area (TPSA) is 73.3 Å². The first-order chi connectivity index (χ1) is 21.2. The van der Waals surface area contributed by atoms with Gasteiger partial charge in [-0.05, 0) is 48.6 Å². The van der Waals surface area contributed by atoms with E-state index in [0.717, 1.165) is 28.7 Å². The van der Waals surface area contributed by atoms with Crippen molar-refractivity contribution in [2.45, 2.75) is 52.8 Å². The molecule has 0 aromatic heterocycles. The molecular formula is C35H43F4N3O4. The Balaban J connectivity index is 0.00000736. The molecule has 0 aliphatic carbocycles. The number of likely N-dealkylation sites (N-methyl/N-ethyl adjacent to an activating group) is 2. The zero-order chi connectivity index (χ0) is 33.5. The van der Waals surface area contributed by atoms with E-state index in [-0.39, 0.29) is 43.5 Å². The summed E-state index contributed by atoms with van der Waals surface area (Å²) >= 11 is 0. The van der Waals surface area contributed by atoms with Crippen LogP contribution in [0.2, 0.25) is 0 Å². The molecular weight excluding hydrogens is 602 g/mol. The number of amides is 2. The monoisotopic (exact) mass is 645 g/mol. The maximum atomic E-state index is 14.6. The Labute approximate surface area is 268 Å². The standard InChI is InChI=1S/C34H39F4N3O4.CH4/c1-22(2)24-11-9-12-25(19-24)32(33(44)39(4)20-30(40(5)45-6)27-13-7-8-16-31(27)43)23(3)41(21-42)18-17-26-28(34(36,37)38)14-10-15-29(26)35;/h7-16,19,21-22,30,43H,17-18,20H2,1-6H3;1H4/b32-23-;. The van der Waals surface area contributed by atoms with E-state index in [1.807, 2.05) is 26.0 Å². The van der Waals surface area contributed by atoms with E-state index in [4.69, 9.17) is 4.84 Å². The molecule has 0 bridgehead atoms. The van der Waals surface area contributed by atoms with Crippen molar-refractivity contribution < 1.29 is 37.1 Å². The highest BCUT2D eigenvalue weighted by Gasteiger charge is 2.34. The van der Waals surface area contributed by atoms with E-state index in [2.05, 4.69) is 0 Å². The number of nitrogens with zero attached hydrogens (tertiary/aromatic N) is 3. The Hall–Kier alpha value is -4.22. The first kappa shape index (κ1) is 38.0. The number of benzene rings is 3. The smallest absolute Gasteiger partial charge is 0.416 e. The predicted molar refractivity (Wildman–Crippen MR) is 171 cm³/mol. The molecule has 7 nitrogen and oxygen atoms in total. The summed E-state index contributed by atoms with van der Waals surface area (Å²) < 4.78 is 55.5. The van der Waals surface area contributed by atoms with Crippen LogP contribution in [-0.2, 0) is 27.0 Å². The van der Waals surface area contributed by atoms with Crippen molar-refractivity contribution in [2.24, 2.45) is 0 Å². The molecule has 250 valence electrons. The molecule has 0 saturated heterocycles. The van der Waals surface area contributed by atoms with Crippen LogP contribution < -0.4 is 0 Å². The second kappa shape index (κ2) is 16.4. The summed E-state index contributed by atoms with van der Waals surface area (Å²) in [5.41, 5.74) is 0.601. The van der Waals surface area contributed by atoms with E-state index in [0.29, 0.717) is 17.5 Å². The lowest BCUT2D eigenvalue weighted by atomic mass is 9.95. The number of hydrogen-bond donors (Lipinski definition) is 1. The van der Waals surface area contributed by atoms with Crippen LogP contribution in [-0.4, -0.2) is 66.6 Å². The Morgan fingerprint density at radius 2 is 1.67 bits per heavy atom. The van der Waals surface area contributed by atoms with Gasteiger partial charge in [0, 0.05) is 44.0 Å². The highest BCUT2D eigenvalue weighted by Crippen LogP contribution is 2.34. The van der Waals surface area contributed by atoms with Gasteiger partial charge in [0.1, 0.15) is 11.6 Å². The zero-order valence-electron chi connectivity index (χ0n) is 26.2. The molecule has 0 aliphatic rings. The SMILES string of the molecule is C.CON(C)C(CN(C)C(=O)/C(=C(/C)N(C=O)CCc1c(F)cccc1C(F)(F)F)c1cccc(C(C)C)c1)c1ccccc1O. The van der Waals surface area contributed by atoms with Crippen LogP contribution in [0.1, 0.15) is 68.0 Å². The number of aromatic hydroxyl groups is 1. The highest BCUT2D eigenvalue weighted by atomic mass is 19.4. The molecule has 0 spiro atoms. The Morgan fingerprint density at radius 1 is 1.02 bits per heavy atom. The van der Waals surface area contributed by atoms with Crippen LogP contribution in [0.15, 0.2) is 72.4 Å². The summed E-state index contributed by atoms with van der Waals surface area (Å²) in [6, 6.07) is 16.1. The van der Waals surface area contributed by atoms with Crippen molar-refractivity contribution in [1.82, 2.24) is 14.9 Å². The van der Waals surface area contributed by atoms with Gasteiger partial charge in [-0.15, -0.1) is 0 Å². The van der Waals surface area contributed by atoms with Crippen molar-refractivity contribution >= 4 is 17.9 Å². The molecule has 0 fully saturated rings.